The van der Waals surface area contributed by atoms with Crippen LogP contribution in [-0.4, -0.2) is 54.9 Å². The molecule has 0 bridgehead atoms. The molecule has 39 heavy (non-hydrogen) atoms. The molecular formula is C29H29N3O7. The standard InChI is InChI=1S/C29H29N3O7/c1-19(18-31-28(34)21-10-4-5-11-22(21)29(31)35)9-8-16-39-25-13-7-6-12-23(25)30(2)27(33)20-14-15-24(32(36)37)26(17-20)38-3/h4-7,10-15,17,19H,8-9,16,18H2,1-3H3. The fraction of sp³-hybridized carbons (Fsp3) is 0.276. The van der Waals surface area contributed by atoms with Crippen LogP contribution in [0.3, 0.4) is 0 Å². The van der Waals surface area contributed by atoms with Gasteiger partial charge in [-0.2, -0.15) is 0 Å². The summed E-state index contributed by atoms with van der Waals surface area (Å²) in [6.07, 6.45) is 1.41. The lowest BCUT2D eigenvalue weighted by Crippen LogP contribution is -2.34. The Morgan fingerprint density at radius 3 is 2.28 bits per heavy atom. The third-order valence-electron chi connectivity index (χ3n) is 6.63. The number of amides is 3. The number of imide groups is 1. The molecule has 0 saturated carbocycles. The Morgan fingerprint density at radius 2 is 1.64 bits per heavy atom. The number of benzene rings is 3. The van der Waals surface area contributed by atoms with Crippen molar-refractivity contribution in [1.29, 1.82) is 0 Å². The molecule has 10 heteroatoms. The maximum absolute atomic E-state index is 13.2. The Labute approximate surface area is 225 Å². The number of hydrogen-bond donors (Lipinski definition) is 0. The first kappa shape index (κ1) is 27.3. The van der Waals surface area contributed by atoms with E-state index < -0.39 is 4.92 Å². The number of fused-ring (bicyclic) bond motifs is 1. The molecule has 0 N–H and O–H groups in total. The molecule has 0 saturated heterocycles. The fourth-order valence-corrected chi connectivity index (χ4v) is 4.54. The van der Waals surface area contributed by atoms with E-state index in [4.69, 9.17) is 9.47 Å². The molecule has 0 radical (unpaired) electrons. The predicted molar refractivity (Wildman–Crippen MR) is 145 cm³/mol. The highest BCUT2D eigenvalue weighted by atomic mass is 16.6. The molecule has 1 heterocycles. The summed E-state index contributed by atoms with van der Waals surface area (Å²) in [7, 11) is 2.91. The normalized spacial score (nSPS) is 13.2. The second kappa shape index (κ2) is 11.8. The number of carbonyl (C=O) groups excluding carboxylic acids is 3. The summed E-state index contributed by atoms with van der Waals surface area (Å²) < 4.78 is 11.1. The van der Waals surface area contributed by atoms with Crippen molar-refractivity contribution in [2.45, 2.75) is 19.8 Å². The van der Waals surface area contributed by atoms with Crippen LogP contribution in [0, 0.1) is 16.0 Å². The third-order valence-corrected chi connectivity index (χ3v) is 6.63. The molecule has 3 aromatic carbocycles. The molecule has 1 aliphatic heterocycles. The van der Waals surface area contributed by atoms with E-state index in [9.17, 15) is 24.5 Å². The van der Waals surface area contributed by atoms with Crippen LogP contribution in [0.15, 0.2) is 66.7 Å². The van der Waals surface area contributed by atoms with Crippen molar-refractivity contribution >= 4 is 29.1 Å². The van der Waals surface area contributed by atoms with Crippen LogP contribution in [0.5, 0.6) is 11.5 Å². The average Bonchev–Trinajstić information content (AvgIpc) is 3.19. The highest BCUT2D eigenvalue weighted by Crippen LogP contribution is 2.32. The molecule has 1 atom stereocenters. The number of carbonyl (C=O) groups is 3. The molecule has 3 aromatic rings. The zero-order chi connectivity index (χ0) is 28.1. The lowest BCUT2D eigenvalue weighted by atomic mass is 10.1. The van der Waals surface area contributed by atoms with Crippen LogP contribution in [0.25, 0.3) is 0 Å². The van der Waals surface area contributed by atoms with Gasteiger partial charge in [0.05, 0.1) is 35.5 Å². The van der Waals surface area contributed by atoms with Crippen LogP contribution in [0.4, 0.5) is 11.4 Å². The monoisotopic (exact) mass is 531 g/mol. The summed E-state index contributed by atoms with van der Waals surface area (Å²) in [5, 5.41) is 11.2. The van der Waals surface area contributed by atoms with Gasteiger partial charge in [0.25, 0.3) is 17.7 Å². The molecule has 10 nitrogen and oxygen atoms in total. The molecule has 0 spiro atoms. The average molecular weight is 532 g/mol. The molecule has 3 amide bonds. The van der Waals surface area contributed by atoms with E-state index in [0.29, 0.717) is 42.1 Å². The van der Waals surface area contributed by atoms with Crippen LogP contribution in [-0.2, 0) is 0 Å². The Bertz CT molecular complexity index is 1390. The van der Waals surface area contributed by atoms with E-state index in [2.05, 4.69) is 0 Å². The van der Waals surface area contributed by atoms with Gasteiger partial charge in [-0.15, -0.1) is 0 Å². The first-order valence-electron chi connectivity index (χ1n) is 12.5. The summed E-state index contributed by atoms with van der Waals surface area (Å²) in [6.45, 7) is 2.69. The lowest BCUT2D eigenvalue weighted by molar-refractivity contribution is -0.385. The molecule has 0 aromatic heterocycles. The number of ether oxygens (including phenoxy) is 2. The molecule has 0 aliphatic carbocycles. The van der Waals surface area contributed by atoms with Gasteiger partial charge < -0.3 is 14.4 Å². The highest BCUT2D eigenvalue weighted by Gasteiger charge is 2.35. The van der Waals surface area contributed by atoms with Gasteiger partial charge in [0.2, 0.25) is 0 Å². The van der Waals surface area contributed by atoms with Gasteiger partial charge in [0, 0.05) is 31.3 Å². The summed E-state index contributed by atoms with van der Waals surface area (Å²) in [6, 6.07) is 17.9. The van der Waals surface area contributed by atoms with Gasteiger partial charge in [0.15, 0.2) is 5.75 Å². The van der Waals surface area contributed by atoms with Crippen LogP contribution >= 0.6 is 0 Å². The summed E-state index contributed by atoms with van der Waals surface area (Å²) in [5.74, 6) is -0.312. The van der Waals surface area contributed by atoms with Crippen LogP contribution < -0.4 is 14.4 Å². The van der Waals surface area contributed by atoms with Gasteiger partial charge >= 0.3 is 5.69 Å². The Morgan fingerprint density at radius 1 is 1.00 bits per heavy atom. The van der Waals surface area contributed by atoms with E-state index in [-0.39, 0.29) is 40.6 Å². The van der Waals surface area contributed by atoms with E-state index in [1.165, 1.54) is 35.1 Å². The van der Waals surface area contributed by atoms with Crippen LogP contribution in [0.1, 0.15) is 50.8 Å². The topological polar surface area (TPSA) is 119 Å². The molecule has 1 aliphatic rings. The first-order chi connectivity index (χ1) is 18.7. The van der Waals surface area contributed by atoms with Gasteiger partial charge in [-0.05, 0) is 49.1 Å². The number of rotatable bonds is 11. The Balaban J connectivity index is 1.34. The number of nitro groups is 1. The zero-order valence-corrected chi connectivity index (χ0v) is 22.0. The minimum absolute atomic E-state index is 0.000819. The number of para-hydroxylation sites is 2. The number of nitrogens with zero attached hydrogens (tertiary/aromatic N) is 3. The van der Waals surface area contributed by atoms with E-state index in [0.717, 1.165) is 6.42 Å². The van der Waals surface area contributed by atoms with E-state index >= 15 is 0 Å². The smallest absolute Gasteiger partial charge is 0.310 e. The minimum Gasteiger partial charge on any atom is -0.491 e. The third kappa shape index (κ3) is 5.74. The van der Waals surface area contributed by atoms with Crippen LogP contribution in [0.2, 0.25) is 0 Å². The maximum Gasteiger partial charge on any atom is 0.310 e. The zero-order valence-electron chi connectivity index (χ0n) is 22.0. The van der Waals surface area contributed by atoms with Crippen molar-refractivity contribution in [2.24, 2.45) is 5.92 Å². The fourth-order valence-electron chi connectivity index (χ4n) is 4.54. The van der Waals surface area contributed by atoms with Crippen molar-refractivity contribution in [2.75, 3.05) is 32.2 Å². The first-order valence-corrected chi connectivity index (χ1v) is 12.5. The molecule has 0 fully saturated rings. The van der Waals surface area contributed by atoms with Crippen molar-refractivity contribution in [3.05, 3.63) is 93.5 Å². The second-order valence-corrected chi connectivity index (χ2v) is 9.34. The van der Waals surface area contributed by atoms with Crippen molar-refractivity contribution in [3.63, 3.8) is 0 Å². The summed E-state index contributed by atoms with van der Waals surface area (Å²) in [4.78, 5) is 51.7. The summed E-state index contributed by atoms with van der Waals surface area (Å²) in [5.41, 5.74) is 1.44. The van der Waals surface area contributed by atoms with Crippen molar-refractivity contribution < 1.29 is 28.8 Å². The number of methoxy groups -OCH3 is 1. The molecule has 1 unspecified atom stereocenters. The maximum atomic E-state index is 13.2. The number of hydrogen-bond acceptors (Lipinski definition) is 7. The quantitative estimate of drug-likeness (QED) is 0.148. The molecule has 4 rings (SSSR count). The lowest BCUT2D eigenvalue weighted by Gasteiger charge is -2.22. The highest BCUT2D eigenvalue weighted by molar-refractivity contribution is 6.21. The SMILES string of the molecule is COc1cc(C(=O)N(C)c2ccccc2OCCCC(C)CN2C(=O)c3ccccc3C2=O)ccc1[N+](=O)[O-]. The van der Waals surface area contributed by atoms with Gasteiger partial charge in [-0.25, -0.2) is 0 Å². The molecule has 202 valence electrons. The summed E-state index contributed by atoms with van der Waals surface area (Å²) >= 11 is 0. The second-order valence-electron chi connectivity index (χ2n) is 9.34. The van der Waals surface area contributed by atoms with Gasteiger partial charge in [-0.1, -0.05) is 31.2 Å². The van der Waals surface area contributed by atoms with Gasteiger partial charge in [0.1, 0.15) is 5.75 Å². The van der Waals surface area contributed by atoms with Crippen molar-refractivity contribution in [1.82, 2.24) is 4.90 Å². The van der Waals surface area contributed by atoms with Gasteiger partial charge in [-0.3, -0.25) is 29.4 Å². The van der Waals surface area contributed by atoms with E-state index in [1.54, 1.807) is 55.6 Å². The van der Waals surface area contributed by atoms with E-state index in [1.807, 2.05) is 6.92 Å². The predicted octanol–water partition coefficient (Wildman–Crippen LogP) is 4.97. The number of nitro benzene ring substituents is 1. The Hall–Kier alpha value is -4.73. The number of anilines is 1. The Kier molecular flexibility index (Phi) is 8.24. The van der Waals surface area contributed by atoms with Crippen molar-refractivity contribution in [3.8, 4) is 11.5 Å². The largest absolute Gasteiger partial charge is 0.491 e. The molecular weight excluding hydrogens is 502 g/mol. The minimum atomic E-state index is -0.569.